The summed E-state index contributed by atoms with van der Waals surface area (Å²) in [6, 6.07) is 8.05. The van der Waals surface area contributed by atoms with Crippen LogP contribution >= 0.6 is 0 Å². The van der Waals surface area contributed by atoms with Crippen LogP contribution in [-0.2, 0) is 17.9 Å². The van der Waals surface area contributed by atoms with E-state index in [0.29, 0.717) is 19.3 Å². The predicted molar refractivity (Wildman–Crippen MR) is 80.3 cm³/mol. The summed E-state index contributed by atoms with van der Waals surface area (Å²) in [5, 5.41) is 1.12. The maximum Gasteiger partial charge on any atom is 0.135 e. The highest BCUT2D eigenvalue weighted by molar-refractivity contribution is 5.82. The van der Waals surface area contributed by atoms with E-state index in [1.807, 2.05) is 18.2 Å². The van der Waals surface area contributed by atoms with Gasteiger partial charge in [0.25, 0.3) is 0 Å². The minimum absolute atomic E-state index is 0.380. The second-order valence-corrected chi connectivity index (χ2v) is 5.90. The third-order valence-electron chi connectivity index (χ3n) is 4.40. The average Bonchev–Trinajstić information content (AvgIpc) is 2.84. The average molecular weight is 273 g/mol. The molecule has 20 heavy (non-hydrogen) atoms. The van der Waals surface area contributed by atoms with Crippen molar-refractivity contribution in [1.29, 1.82) is 0 Å². The van der Waals surface area contributed by atoms with Gasteiger partial charge in [-0.1, -0.05) is 25.1 Å². The Morgan fingerprint density at radius 3 is 2.70 bits per heavy atom. The van der Waals surface area contributed by atoms with Crippen LogP contribution < -0.4 is 5.73 Å². The topological polar surface area (TPSA) is 48.4 Å². The van der Waals surface area contributed by atoms with Crippen LogP contribution in [0, 0.1) is 5.92 Å². The van der Waals surface area contributed by atoms with Gasteiger partial charge in [-0.25, -0.2) is 0 Å². The first-order valence-electron chi connectivity index (χ1n) is 7.59. The summed E-state index contributed by atoms with van der Waals surface area (Å²) in [4.78, 5) is 0. The van der Waals surface area contributed by atoms with Gasteiger partial charge in [-0.05, 0) is 37.7 Å². The Hall–Kier alpha value is -1.32. The molecule has 1 fully saturated rings. The summed E-state index contributed by atoms with van der Waals surface area (Å²) in [7, 11) is 0. The fourth-order valence-corrected chi connectivity index (χ4v) is 3.08. The Morgan fingerprint density at radius 2 is 1.95 bits per heavy atom. The molecule has 0 aliphatic heterocycles. The summed E-state index contributed by atoms with van der Waals surface area (Å²) in [6.45, 7) is 3.36. The number of furan rings is 1. The fourth-order valence-electron chi connectivity index (χ4n) is 3.08. The maximum atomic E-state index is 6.04. The molecule has 2 N–H and O–H groups in total. The van der Waals surface area contributed by atoms with Crippen molar-refractivity contribution < 1.29 is 9.15 Å². The third-order valence-corrected chi connectivity index (χ3v) is 4.40. The second-order valence-electron chi connectivity index (χ2n) is 5.90. The van der Waals surface area contributed by atoms with Crippen LogP contribution in [0.1, 0.15) is 43.9 Å². The summed E-state index contributed by atoms with van der Waals surface area (Å²) in [6.07, 6.45) is 5.26. The van der Waals surface area contributed by atoms with E-state index in [4.69, 9.17) is 14.9 Å². The van der Waals surface area contributed by atoms with Gasteiger partial charge < -0.3 is 14.9 Å². The first kappa shape index (κ1) is 13.7. The lowest BCUT2D eigenvalue weighted by Crippen LogP contribution is -2.20. The van der Waals surface area contributed by atoms with Crippen LogP contribution in [0.3, 0.4) is 0 Å². The fraction of sp³-hybridized carbons (Fsp3) is 0.529. The molecule has 0 bridgehead atoms. The molecule has 2 aromatic rings. The normalized spacial score (nSPS) is 23.3. The molecule has 0 amide bonds. The first-order valence-corrected chi connectivity index (χ1v) is 7.59. The minimum atomic E-state index is 0.380. The second kappa shape index (κ2) is 5.98. The van der Waals surface area contributed by atoms with Crippen molar-refractivity contribution in [2.24, 2.45) is 11.7 Å². The highest BCUT2D eigenvalue weighted by atomic mass is 16.5. The van der Waals surface area contributed by atoms with E-state index in [0.717, 1.165) is 28.2 Å². The highest BCUT2D eigenvalue weighted by Crippen LogP contribution is 2.29. The van der Waals surface area contributed by atoms with Crippen LogP contribution in [0.2, 0.25) is 0 Å². The number of para-hydroxylation sites is 1. The Balaban J connectivity index is 1.71. The van der Waals surface area contributed by atoms with Crippen molar-refractivity contribution in [1.82, 2.24) is 0 Å². The third kappa shape index (κ3) is 2.74. The van der Waals surface area contributed by atoms with Crippen LogP contribution in [0.4, 0.5) is 0 Å². The van der Waals surface area contributed by atoms with Gasteiger partial charge in [0.05, 0.1) is 6.10 Å². The molecule has 1 aromatic carbocycles. The van der Waals surface area contributed by atoms with E-state index < -0.39 is 0 Å². The Labute approximate surface area is 120 Å². The molecule has 3 rings (SSSR count). The molecule has 1 heterocycles. The molecule has 1 aliphatic carbocycles. The van der Waals surface area contributed by atoms with Gasteiger partial charge in [-0.15, -0.1) is 0 Å². The largest absolute Gasteiger partial charge is 0.458 e. The lowest BCUT2D eigenvalue weighted by atomic mass is 9.89. The van der Waals surface area contributed by atoms with E-state index in [1.165, 1.54) is 25.7 Å². The van der Waals surface area contributed by atoms with Crippen LogP contribution in [0.5, 0.6) is 0 Å². The first-order chi connectivity index (χ1) is 9.78. The van der Waals surface area contributed by atoms with E-state index in [-0.39, 0.29) is 0 Å². The zero-order chi connectivity index (χ0) is 13.9. The van der Waals surface area contributed by atoms with E-state index in [9.17, 15) is 0 Å². The number of benzene rings is 1. The van der Waals surface area contributed by atoms with Crippen molar-refractivity contribution in [3.8, 4) is 0 Å². The Kier molecular flexibility index (Phi) is 4.08. The summed E-state index contributed by atoms with van der Waals surface area (Å²) < 4.78 is 11.9. The van der Waals surface area contributed by atoms with E-state index in [1.54, 1.807) is 0 Å². The van der Waals surface area contributed by atoms with Crippen molar-refractivity contribution in [2.45, 2.75) is 51.9 Å². The van der Waals surface area contributed by atoms with Crippen molar-refractivity contribution in [2.75, 3.05) is 0 Å². The van der Waals surface area contributed by atoms with Crippen LogP contribution in [-0.4, -0.2) is 6.10 Å². The standard InChI is InChI=1S/C17H23NO2/c1-12-6-8-13(9-7-12)19-11-17-15(10-18)14-4-2-3-5-16(14)20-17/h2-5,12-13H,6-11,18H2,1H3. The van der Waals surface area contributed by atoms with Crippen molar-refractivity contribution >= 4 is 11.0 Å². The molecule has 0 spiro atoms. The molecule has 1 saturated carbocycles. The molecule has 0 radical (unpaired) electrons. The van der Waals surface area contributed by atoms with Gasteiger partial charge in [-0.3, -0.25) is 0 Å². The lowest BCUT2D eigenvalue weighted by molar-refractivity contribution is 0.00141. The highest BCUT2D eigenvalue weighted by Gasteiger charge is 2.20. The molecule has 0 atom stereocenters. The van der Waals surface area contributed by atoms with Gasteiger partial charge in [0.15, 0.2) is 0 Å². The monoisotopic (exact) mass is 273 g/mol. The molecule has 0 saturated heterocycles. The number of hydrogen-bond acceptors (Lipinski definition) is 3. The Morgan fingerprint density at radius 1 is 1.20 bits per heavy atom. The predicted octanol–water partition coefficient (Wildman–Crippen LogP) is 3.99. The maximum absolute atomic E-state index is 6.04. The van der Waals surface area contributed by atoms with Gasteiger partial charge in [0, 0.05) is 17.5 Å². The quantitative estimate of drug-likeness (QED) is 0.916. The number of rotatable bonds is 4. The van der Waals surface area contributed by atoms with Crippen molar-refractivity contribution in [3.05, 3.63) is 35.6 Å². The minimum Gasteiger partial charge on any atom is -0.458 e. The van der Waals surface area contributed by atoms with Gasteiger partial charge in [0.1, 0.15) is 18.0 Å². The van der Waals surface area contributed by atoms with Gasteiger partial charge in [-0.2, -0.15) is 0 Å². The summed E-state index contributed by atoms with van der Waals surface area (Å²) in [5.41, 5.74) is 7.87. The summed E-state index contributed by atoms with van der Waals surface area (Å²) >= 11 is 0. The zero-order valence-electron chi connectivity index (χ0n) is 12.1. The molecule has 108 valence electrons. The van der Waals surface area contributed by atoms with E-state index in [2.05, 4.69) is 13.0 Å². The molecule has 0 unspecified atom stereocenters. The summed E-state index contributed by atoms with van der Waals surface area (Å²) in [5.74, 6) is 1.74. The van der Waals surface area contributed by atoms with Crippen LogP contribution in [0.25, 0.3) is 11.0 Å². The number of fused-ring (bicyclic) bond motifs is 1. The smallest absolute Gasteiger partial charge is 0.135 e. The number of hydrogen-bond donors (Lipinski definition) is 1. The Bertz CT molecular complexity index is 567. The lowest BCUT2D eigenvalue weighted by Gasteiger charge is -2.26. The molecule has 3 nitrogen and oxygen atoms in total. The molecule has 3 heteroatoms. The van der Waals surface area contributed by atoms with Gasteiger partial charge >= 0.3 is 0 Å². The number of ether oxygens (including phenoxy) is 1. The molecular formula is C17H23NO2. The molecule has 1 aliphatic rings. The SMILES string of the molecule is CC1CCC(OCc2oc3ccccc3c2CN)CC1. The molecular weight excluding hydrogens is 250 g/mol. The molecule has 1 aromatic heterocycles. The van der Waals surface area contributed by atoms with Crippen LogP contribution in [0.15, 0.2) is 28.7 Å². The van der Waals surface area contributed by atoms with E-state index >= 15 is 0 Å². The number of nitrogens with two attached hydrogens (primary N) is 1. The zero-order valence-corrected chi connectivity index (χ0v) is 12.1. The van der Waals surface area contributed by atoms with Crippen molar-refractivity contribution in [3.63, 3.8) is 0 Å². The van der Waals surface area contributed by atoms with Gasteiger partial charge in [0.2, 0.25) is 0 Å².